The molecule has 1 heteroatoms. The third-order valence-electron chi connectivity index (χ3n) is 7.80. The molecule has 160 valence electrons. The van der Waals surface area contributed by atoms with Crippen LogP contribution in [0.1, 0.15) is 87.2 Å². The third-order valence-corrected chi connectivity index (χ3v) is 7.80. The van der Waals surface area contributed by atoms with Gasteiger partial charge in [-0.15, -0.1) is 6.58 Å². The highest BCUT2D eigenvalue weighted by Crippen LogP contribution is 2.39. The van der Waals surface area contributed by atoms with Gasteiger partial charge in [0.1, 0.15) is 0 Å². The summed E-state index contributed by atoms with van der Waals surface area (Å²) in [6, 6.07) is 18.6. The van der Waals surface area contributed by atoms with Gasteiger partial charge in [-0.1, -0.05) is 54.6 Å². The van der Waals surface area contributed by atoms with Crippen molar-refractivity contribution in [3.63, 3.8) is 0 Å². The van der Waals surface area contributed by atoms with E-state index >= 15 is 0 Å². The van der Waals surface area contributed by atoms with Crippen molar-refractivity contribution in [3.8, 4) is 11.1 Å². The molecule has 0 heterocycles. The van der Waals surface area contributed by atoms with Gasteiger partial charge in [-0.05, 0) is 110 Å². The van der Waals surface area contributed by atoms with Gasteiger partial charge in [0.15, 0.2) is 0 Å². The van der Waals surface area contributed by atoms with Crippen LogP contribution < -0.4 is 0 Å². The Balaban J connectivity index is 1.33. The fourth-order valence-corrected chi connectivity index (χ4v) is 5.73. The minimum atomic E-state index is -0.154. The SMILES string of the molecule is C=CC1CCC(c2ccc(-c3ccc(C4CCC(CCCF)CC4)cc3)cc2)CC1. The number of benzene rings is 2. The van der Waals surface area contributed by atoms with Gasteiger partial charge in [-0.25, -0.2) is 0 Å². The monoisotopic (exact) mass is 404 g/mol. The van der Waals surface area contributed by atoms with Crippen LogP contribution in [0.2, 0.25) is 0 Å². The van der Waals surface area contributed by atoms with E-state index in [1.807, 2.05) is 0 Å². The van der Waals surface area contributed by atoms with Crippen molar-refractivity contribution in [2.24, 2.45) is 11.8 Å². The van der Waals surface area contributed by atoms with Gasteiger partial charge in [-0.2, -0.15) is 0 Å². The Morgan fingerprint density at radius 1 is 0.700 bits per heavy atom. The highest BCUT2D eigenvalue weighted by molar-refractivity contribution is 5.64. The van der Waals surface area contributed by atoms with Crippen molar-refractivity contribution in [1.82, 2.24) is 0 Å². The van der Waals surface area contributed by atoms with E-state index in [-0.39, 0.29) is 6.67 Å². The van der Waals surface area contributed by atoms with Crippen LogP contribution in [0.4, 0.5) is 4.39 Å². The molecule has 0 aliphatic heterocycles. The summed E-state index contributed by atoms with van der Waals surface area (Å²) in [7, 11) is 0. The molecule has 0 radical (unpaired) electrons. The molecule has 2 aromatic carbocycles. The fourth-order valence-electron chi connectivity index (χ4n) is 5.73. The van der Waals surface area contributed by atoms with Gasteiger partial charge in [0.2, 0.25) is 0 Å². The predicted molar refractivity (Wildman–Crippen MR) is 127 cm³/mol. The zero-order chi connectivity index (χ0) is 20.8. The fraction of sp³-hybridized carbons (Fsp3) is 0.517. The molecule has 2 aliphatic rings. The van der Waals surface area contributed by atoms with Crippen molar-refractivity contribution in [1.29, 1.82) is 0 Å². The van der Waals surface area contributed by atoms with Gasteiger partial charge in [0.05, 0.1) is 6.67 Å². The number of rotatable bonds is 7. The normalized spacial score (nSPS) is 27.0. The Labute approximate surface area is 182 Å². The molecule has 2 aliphatic carbocycles. The van der Waals surface area contributed by atoms with Crippen LogP contribution in [0.15, 0.2) is 61.2 Å². The van der Waals surface area contributed by atoms with E-state index in [4.69, 9.17) is 0 Å². The second kappa shape index (κ2) is 10.4. The molecular formula is C29H37F. The first-order valence-electron chi connectivity index (χ1n) is 12.2. The highest BCUT2D eigenvalue weighted by atomic mass is 19.1. The van der Waals surface area contributed by atoms with Gasteiger partial charge >= 0.3 is 0 Å². The first-order valence-corrected chi connectivity index (χ1v) is 12.2. The first kappa shape index (κ1) is 21.3. The highest BCUT2D eigenvalue weighted by Gasteiger charge is 2.22. The molecule has 0 N–H and O–H groups in total. The molecular weight excluding hydrogens is 367 g/mol. The van der Waals surface area contributed by atoms with E-state index < -0.39 is 0 Å². The van der Waals surface area contributed by atoms with Gasteiger partial charge in [0.25, 0.3) is 0 Å². The maximum atomic E-state index is 12.4. The lowest BCUT2D eigenvalue weighted by Crippen LogP contribution is -2.13. The average molecular weight is 405 g/mol. The largest absolute Gasteiger partial charge is 0.251 e. The lowest BCUT2D eigenvalue weighted by molar-refractivity contribution is 0.293. The molecule has 0 saturated heterocycles. The van der Waals surface area contributed by atoms with E-state index in [2.05, 4.69) is 61.2 Å². The molecule has 0 spiro atoms. The quantitative estimate of drug-likeness (QED) is 0.404. The zero-order valence-electron chi connectivity index (χ0n) is 18.4. The van der Waals surface area contributed by atoms with Gasteiger partial charge in [-0.3, -0.25) is 4.39 Å². The lowest BCUT2D eigenvalue weighted by atomic mass is 9.77. The van der Waals surface area contributed by atoms with Crippen LogP contribution in [0.5, 0.6) is 0 Å². The maximum Gasteiger partial charge on any atom is 0.0894 e. The summed E-state index contributed by atoms with van der Waals surface area (Å²) in [6.07, 6.45) is 14.2. The summed E-state index contributed by atoms with van der Waals surface area (Å²) in [4.78, 5) is 0. The number of hydrogen-bond acceptors (Lipinski definition) is 0. The molecule has 0 nitrogen and oxygen atoms in total. The molecule has 2 aromatic rings. The van der Waals surface area contributed by atoms with E-state index in [0.717, 1.165) is 30.6 Å². The van der Waals surface area contributed by atoms with E-state index in [0.29, 0.717) is 5.92 Å². The van der Waals surface area contributed by atoms with E-state index in [1.54, 1.807) is 0 Å². The number of allylic oxidation sites excluding steroid dienone is 1. The summed E-state index contributed by atoms with van der Waals surface area (Å²) in [5.41, 5.74) is 5.62. The molecule has 0 aromatic heterocycles. The van der Waals surface area contributed by atoms with E-state index in [9.17, 15) is 4.39 Å². The molecule has 0 bridgehead atoms. The van der Waals surface area contributed by atoms with Crippen molar-refractivity contribution in [3.05, 3.63) is 72.3 Å². The van der Waals surface area contributed by atoms with Crippen molar-refractivity contribution >= 4 is 0 Å². The minimum Gasteiger partial charge on any atom is -0.251 e. The lowest BCUT2D eigenvalue weighted by Gasteiger charge is -2.28. The van der Waals surface area contributed by atoms with Gasteiger partial charge in [0, 0.05) is 0 Å². The number of hydrogen-bond donors (Lipinski definition) is 0. The second-order valence-corrected chi connectivity index (χ2v) is 9.64. The van der Waals surface area contributed by atoms with Crippen LogP contribution in [-0.2, 0) is 0 Å². The Morgan fingerprint density at radius 3 is 1.60 bits per heavy atom. The number of halogens is 1. The van der Waals surface area contributed by atoms with Crippen LogP contribution >= 0.6 is 0 Å². The maximum absolute atomic E-state index is 12.4. The number of alkyl halides is 1. The van der Waals surface area contributed by atoms with Crippen LogP contribution in [0, 0.1) is 11.8 Å². The summed E-state index contributed by atoms with van der Waals surface area (Å²) < 4.78 is 12.4. The van der Waals surface area contributed by atoms with Crippen LogP contribution in [-0.4, -0.2) is 6.67 Å². The average Bonchev–Trinajstić information content (AvgIpc) is 2.83. The molecule has 0 unspecified atom stereocenters. The molecule has 2 fully saturated rings. The zero-order valence-corrected chi connectivity index (χ0v) is 18.4. The molecule has 2 saturated carbocycles. The molecule has 0 atom stereocenters. The first-order chi connectivity index (χ1) is 14.8. The summed E-state index contributed by atoms with van der Waals surface area (Å²) in [5.74, 6) is 2.89. The van der Waals surface area contributed by atoms with Crippen LogP contribution in [0.3, 0.4) is 0 Å². The Bertz CT molecular complexity index is 772. The van der Waals surface area contributed by atoms with Crippen LogP contribution in [0.25, 0.3) is 11.1 Å². The predicted octanol–water partition coefficient (Wildman–Crippen LogP) is 8.84. The Kier molecular flexibility index (Phi) is 7.42. The van der Waals surface area contributed by atoms with Crippen molar-refractivity contribution in [2.45, 2.75) is 76.0 Å². The van der Waals surface area contributed by atoms with Crippen molar-refractivity contribution < 1.29 is 4.39 Å². The van der Waals surface area contributed by atoms with Crippen molar-refractivity contribution in [2.75, 3.05) is 6.67 Å². The molecule has 30 heavy (non-hydrogen) atoms. The Morgan fingerprint density at radius 2 is 1.17 bits per heavy atom. The third kappa shape index (κ3) is 5.23. The topological polar surface area (TPSA) is 0 Å². The molecule has 4 rings (SSSR count). The summed E-state index contributed by atoms with van der Waals surface area (Å²) >= 11 is 0. The second-order valence-electron chi connectivity index (χ2n) is 9.64. The molecule has 0 amide bonds. The minimum absolute atomic E-state index is 0.154. The smallest absolute Gasteiger partial charge is 0.0894 e. The van der Waals surface area contributed by atoms with Gasteiger partial charge < -0.3 is 0 Å². The summed E-state index contributed by atoms with van der Waals surface area (Å²) in [6.45, 7) is 3.81. The Hall–Kier alpha value is -1.89. The summed E-state index contributed by atoms with van der Waals surface area (Å²) in [5, 5.41) is 0. The standard InChI is InChI=1S/C29H37F/c1-2-22-5-9-24(10-6-22)26-13-17-28(18-14-26)29-19-15-27(16-20-29)25-11-7-23(8-12-25)4-3-21-30/h2,13-20,22-25H,1,3-12,21H2. The van der Waals surface area contributed by atoms with E-state index in [1.165, 1.54) is 73.6 Å².